The molecule has 5 nitrogen and oxygen atoms in total. The van der Waals surface area contributed by atoms with Gasteiger partial charge in [0.25, 0.3) is 5.91 Å². The van der Waals surface area contributed by atoms with Crippen molar-refractivity contribution in [2.24, 2.45) is 11.1 Å². The number of nitrogens with two attached hydrogens (primary N) is 1. The summed E-state index contributed by atoms with van der Waals surface area (Å²) < 4.78 is 0. The van der Waals surface area contributed by atoms with Crippen LogP contribution in [0.4, 0.5) is 0 Å². The van der Waals surface area contributed by atoms with Crippen LogP contribution >= 0.6 is 0 Å². The van der Waals surface area contributed by atoms with E-state index in [1.165, 1.54) is 18.2 Å². The quantitative estimate of drug-likeness (QED) is 0.622. The largest absolute Gasteiger partial charge is 0.504 e. The highest BCUT2D eigenvalue weighted by atomic mass is 16.3. The lowest BCUT2D eigenvalue weighted by Crippen LogP contribution is -2.39. The normalized spacial score (nSPS) is 13.1. The molecule has 0 aliphatic heterocycles. The van der Waals surface area contributed by atoms with Crippen molar-refractivity contribution in [2.75, 3.05) is 6.54 Å². The number of aromatic hydroxyl groups is 2. The van der Waals surface area contributed by atoms with E-state index in [-0.39, 0.29) is 28.9 Å². The number of benzene rings is 1. The molecule has 0 aliphatic carbocycles. The highest BCUT2D eigenvalue weighted by molar-refractivity contribution is 5.94. The maximum absolute atomic E-state index is 11.8. The minimum atomic E-state index is -0.320. The monoisotopic (exact) mass is 266 g/mol. The summed E-state index contributed by atoms with van der Waals surface area (Å²) in [6, 6.07) is 3.83. The Hall–Kier alpha value is -1.75. The number of carbonyl (C=O) groups is 1. The van der Waals surface area contributed by atoms with Crippen LogP contribution in [-0.2, 0) is 0 Å². The van der Waals surface area contributed by atoms with Crippen molar-refractivity contribution in [3.63, 3.8) is 0 Å². The summed E-state index contributed by atoms with van der Waals surface area (Å²) in [7, 11) is 0. The summed E-state index contributed by atoms with van der Waals surface area (Å²) in [6.45, 7) is 6.64. The molecule has 0 saturated heterocycles. The molecule has 0 radical (unpaired) electrons. The van der Waals surface area contributed by atoms with Gasteiger partial charge in [0.15, 0.2) is 11.5 Å². The van der Waals surface area contributed by atoms with Crippen LogP contribution in [0.1, 0.15) is 37.6 Å². The van der Waals surface area contributed by atoms with E-state index in [4.69, 9.17) is 10.8 Å². The summed E-state index contributed by atoms with van der Waals surface area (Å²) in [4.78, 5) is 11.8. The predicted octanol–water partition coefficient (Wildman–Crippen LogP) is 1.59. The predicted molar refractivity (Wildman–Crippen MR) is 74.2 cm³/mol. The van der Waals surface area contributed by atoms with Crippen LogP contribution in [0, 0.1) is 5.41 Å². The van der Waals surface area contributed by atoms with Gasteiger partial charge in [-0.3, -0.25) is 4.79 Å². The number of amides is 1. The highest BCUT2D eigenvalue weighted by Gasteiger charge is 2.16. The van der Waals surface area contributed by atoms with E-state index in [2.05, 4.69) is 26.1 Å². The molecule has 106 valence electrons. The molecule has 19 heavy (non-hydrogen) atoms. The summed E-state index contributed by atoms with van der Waals surface area (Å²) >= 11 is 0. The summed E-state index contributed by atoms with van der Waals surface area (Å²) in [5, 5.41) is 21.2. The van der Waals surface area contributed by atoms with Crippen LogP contribution in [0.3, 0.4) is 0 Å². The number of phenolic OH excluding ortho intramolecular Hbond substituents is 2. The number of hydrogen-bond acceptors (Lipinski definition) is 4. The Balaban J connectivity index is 2.53. The van der Waals surface area contributed by atoms with Crippen LogP contribution in [-0.4, -0.2) is 28.7 Å². The Morgan fingerprint density at radius 3 is 2.47 bits per heavy atom. The van der Waals surface area contributed by atoms with Gasteiger partial charge in [-0.2, -0.15) is 0 Å². The Morgan fingerprint density at radius 2 is 1.95 bits per heavy atom. The fourth-order valence-corrected chi connectivity index (χ4v) is 1.85. The lowest BCUT2D eigenvalue weighted by atomic mass is 9.88. The number of carbonyl (C=O) groups excluding carboxylic acids is 1. The standard InChI is InChI=1S/C14H22N2O3/c1-14(2,3)7-10(15)8-16-13(19)9-4-5-11(17)12(18)6-9/h4-6,10,17-18H,7-8,15H2,1-3H3,(H,16,19). The third-order valence-corrected chi connectivity index (χ3v) is 2.64. The topological polar surface area (TPSA) is 95.6 Å². The fraction of sp³-hybridized carbons (Fsp3) is 0.500. The average Bonchev–Trinajstić information content (AvgIpc) is 2.27. The van der Waals surface area contributed by atoms with E-state index in [9.17, 15) is 9.90 Å². The van der Waals surface area contributed by atoms with E-state index in [0.29, 0.717) is 12.1 Å². The smallest absolute Gasteiger partial charge is 0.251 e. The van der Waals surface area contributed by atoms with Gasteiger partial charge in [0.2, 0.25) is 0 Å². The van der Waals surface area contributed by atoms with E-state index >= 15 is 0 Å². The van der Waals surface area contributed by atoms with E-state index in [0.717, 1.165) is 6.42 Å². The molecule has 0 heterocycles. The average molecular weight is 266 g/mol. The molecule has 1 unspecified atom stereocenters. The molecule has 1 amide bonds. The maximum atomic E-state index is 11.8. The van der Waals surface area contributed by atoms with Crippen LogP contribution in [0.5, 0.6) is 11.5 Å². The molecule has 0 aromatic heterocycles. The lowest BCUT2D eigenvalue weighted by Gasteiger charge is -2.23. The van der Waals surface area contributed by atoms with Gasteiger partial charge in [-0.25, -0.2) is 0 Å². The zero-order valence-electron chi connectivity index (χ0n) is 11.6. The van der Waals surface area contributed by atoms with Crippen molar-refractivity contribution in [3.8, 4) is 11.5 Å². The third-order valence-electron chi connectivity index (χ3n) is 2.64. The van der Waals surface area contributed by atoms with Crippen molar-refractivity contribution in [1.82, 2.24) is 5.32 Å². The SMILES string of the molecule is CC(C)(C)CC(N)CNC(=O)c1ccc(O)c(O)c1. The second-order valence-electron chi connectivity index (χ2n) is 5.94. The third kappa shape index (κ3) is 5.18. The number of nitrogens with one attached hydrogen (secondary N) is 1. The van der Waals surface area contributed by atoms with Crippen LogP contribution in [0.15, 0.2) is 18.2 Å². The van der Waals surface area contributed by atoms with Crippen molar-refractivity contribution in [3.05, 3.63) is 23.8 Å². The molecule has 0 bridgehead atoms. The van der Waals surface area contributed by atoms with Gasteiger partial charge in [0.1, 0.15) is 0 Å². The first-order valence-corrected chi connectivity index (χ1v) is 6.25. The number of rotatable bonds is 4. The van der Waals surface area contributed by atoms with Crippen LogP contribution in [0.25, 0.3) is 0 Å². The first-order valence-electron chi connectivity index (χ1n) is 6.25. The Bertz CT molecular complexity index is 452. The summed E-state index contributed by atoms with van der Waals surface area (Å²) in [5.41, 5.74) is 6.34. The Labute approximate surface area is 113 Å². The molecular formula is C14H22N2O3. The molecular weight excluding hydrogens is 244 g/mol. The van der Waals surface area contributed by atoms with Gasteiger partial charge in [-0.05, 0) is 30.0 Å². The first kappa shape index (κ1) is 15.3. The van der Waals surface area contributed by atoms with Gasteiger partial charge in [0, 0.05) is 18.2 Å². The van der Waals surface area contributed by atoms with E-state index in [1.54, 1.807) is 0 Å². The summed E-state index contributed by atoms with van der Waals surface area (Å²) in [5.74, 6) is -0.882. The molecule has 1 aromatic carbocycles. The Kier molecular flexibility index (Phi) is 4.78. The minimum absolute atomic E-state index is 0.112. The molecule has 5 heteroatoms. The molecule has 1 rings (SSSR count). The zero-order valence-corrected chi connectivity index (χ0v) is 11.6. The van der Waals surface area contributed by atoms with Gasteiger partial charge in [-0.15, -0.1) is 0 Å². The fourth-order valence-electron chi connectivity index (χ4n) is 1.85. The van der Waals surface area contributed by atoms with E-state index in [1.807, 2.05) is 0 Å². The number of hydrogen-bond donors (Lipinski definition) is 4. The molecule has 0 spiro atoms. The van der Waals surface area contributed by atoms with Gasteiger partial charge >= 0.3 is 0 Å². The second-order valence-corrected chi connectivity index (χ2v) is 5.94. The van der Waals surface area contributed by atoms with Crippen LogP contribution in [0.2, 0.25) is 0 Å². The van der Waals surface area contributed by atoms with Crippen molar-refractivity contribution >= 4 is 5.91 Å². The first-order chi connectivity index (χ1) is 8.69. The zero-order chi connectivity index (χ0) is 14.6. The molecule has 5 N–H and O–H groups in total. The van der Waals surface area contributed by atoms with E-state index < -0.39 is 0 Å². The van der Waals surface area contributed by atoms with Gasteiger partial charge in [0.05, 0.1) is 0 Å². The van der Waals surface area contributed by atoms with Crippen molar-refractivity contribution in [1.29, 1.82) is 0 Å². The maximum Gasteiger partial charge on any atom is 0.251 e. The lowest BCUT2D eigenvalue weighted by molar-refractivity contribution is 0.0948. The molecule has 1 aromatic rings. The Morgan fingerprint density at radius 1 is 1.32 bits per heavy atom. The van der Waals surface area contributed by atoms with Crippen LogP contribution < -0.4 is 11.1 Å². The molecule has 0 saturated carbocycles. The second kappa shape index (κ2) is 5.93. The van der Waals surface area contributed by atoms with Crippen molar-refractivity contribution in [2.45, 2.75) is 33.2 Å². The summed E-state index contributed by atoms with van der Waals surface area (Å²) in [6.07, 6.45) is 0.800. The minimum Gasteiger partial charge on any atom is -0.504 e. The highest BCUT2D eigenvalue weighted by Crippen LogP contribution is 2.24. The van der Waals surface area contributed by atoms with Gasteiger partial charge < -0.3 is 21.3 Å². The number of phenols is 2. The van der Waals surface area contributed by atoms with Crippen molar-refractivity contribution < 1.29 is 15.0 Å². The molecule has 1 atom stereocenters. The molecule has 0 aliphatic rings. The van der Waals surface area contributed by atoms with Gasteiger partial charge in [-0.1, -0.05) is 20.8 Å². The molecule has 0 fully saturated rings.